The molecular formula is C9H12O2Si. The van der Waals surface area contributed by atoms with E-state index in [-0.39, 0.29) is 5.97 Å². The normalized spacial score (nSPS) is 16.2. The Hall–Kier alpha value is -1.01. The molecule has 0 saturated heterocycles. The molecule has 0 unspecified atom stereocenters. The second-order valence-electron chi connectivity index (χ2n) is 3.78. The van der Waals surface area contributed by atoms with Gasteiger partial charge >= 0.3 is 5.97 Å². The molecular weight excluding hydrogens is 168 g/mol. The van der Waals surface area contributed by atoms with Crippen molar-refractivity contribution in [2.45, 2.75) is 19.6 Å². The lowest BCUT2D eigenvalue weighted by Crippen LogP contribution is -2.16. The SMILES string of the molecule is C[Si](C)(C)C#CC1=CC(=O)OC1. The molecule has 0 fully saturated rings. The highest BCUT2D eigenvalue weighted by atomic mass is 28.3. The summed E-state index contributed by atoms with van der Waals surface area (Å²) < 4.78 is 4.71. The summed E-state index contributed by atoms with van der Waals surface area (Å²) >= 11 is 0. The summed E-state index contributed by atoms with van der Waals surface area (Å²) in [6.07, 6.45) is 1.47. The predicted molar refractivity (Wildman–Crippen MR) is 50.2 cm³/mol. The summed E-state index contributed by atoms with van der Waals surface area (Å²) in [5.41, 5.74) is 3.98. The Kier molecular flexibility index (Phi) is 2.39. The van der Waals surface area contributed by atoms with E-state index in [0.29, 0.717) is 6.61 Å². The molecule has 1 aliphatic heterocycles. The molecule has 2 nitrogen and oxygen atoms in total. The van der Waals surface area contributed by atoms with Gasteiger partial charge in [-0.25, -0.2) is 4.79 Å². The van der Waals surface area contributed by atoms with Gasteiger partial charge in [0.05, 0.1) is 0 Å². The average molecular weight is 180 g/mol. The van der Waals surface area contributed by atoms with Gasteiger partial charge in [0.2, 0.25) is 0 Å². The minimum Gasteiger partial charge on any atom is -0.457 e. The molecule has 3 heteroatoms. The van der Waals surface area contributed by atoms with E-state index in [4.69, 9.17) is 4.74 Å². The lowest BCUT2D eigenvalue weighted by Gasteiger charge is -2.02. The summed E-state index contributed by atoms with van der Waals surface area (Å²) in [4.78, 5) is 10.6. The van der Waals surface area contributed by atoms with Crippen LogP contribution in [0, 0.1) is 11.5 Å². The van der Waals surface area contributed by atoms with Crippen LogP contribution in [0.5, 0.6) is 0 Å². The highest BCUT2D eigenvalue weighted by Crippen LogP contribution is 2.05. The highest BCUT2D eigenvalue weighted by Gasteiger charge is 2.12. The van der Waals surface area contributed by atoms with Crippen LogP contribution in [-0.2, 0) is 9.53 Å². The van der Waals surface area contributed by atoms with Gasteiger partial charge in [0.25, 0.3) is 0 Å². The Morgan fingerprint density at radius 1 is 1.50 bits per heavy atom. The van der Waals surface area contributed by atoms with Crippen LogP contribution in [0.4, 0.5) is 0 Å². The first kappa shape index (κ1) is 9.08. The summed E-state index contributed by atoms with van der Waals surface area (Å²) in [5, 5.41) is 0. The van der Waals surface area contributed by atoms with Crippen molar-refractivity contribution in [1.82, 2.24) is 0 Å². The van der Waals surface area contributed by atoms with Gasteiger partial charge in [0.15, 0.2) is 0 Å². The van der Waals surface area contributed by atoms with Crippen molar-refractivity contribution in [1.29, 1.82) is 0 Å². The van der Waals surface area contributed by atoms with E-state index in [2.05, 4.69) is 31.1 Å². The van der Waals surface area contributed by atoms with Crippen LogP contribution >= 0.6 is 0 Å². The molecule has 1 heterocycles. The Morgan fingerprint density at radius 2 is 2.17 bits per heavy atom. The monoisotopic (exact) mass is 180 g/mol. The minimum atomic E-state index is -1.32. The van der Waals surface area contributed by atoms with Crippen molar-refractivity contribution in [3.8, 4) is 11.5 Å². The van der Waals surface area contributed by atoms with E-state index in [1.165, 1.54) is 6.08 Å². The smallest absolute Gasteiger partial charge is 0.332 e. The number of cyclic esters (lactones) is 1. The Labute approximate surface area is 73.6 Å². The molecule has 0 aromatic heterocycles. The third-order valence-electron chi connectivity index (χ3n) is 1.26. The maximum absolute atomic E-state index is 10.6. The molecule has 0 amide bonds. The van der Waals surface area contributed by atoms with Crippen LogP contribution in [0.25, 0.3) is 0 Å². The molecule has 1 rings (SSSR count). The first-order valence-electron chi connectivity index (χ1n) is 3.88. The van der Waals surface area contributed by atoms with Gasteiger partial charge in [-0.15, -0.1) is 5.54 Å². The van der Waals surface area contributed by atoms with Crippen molar-refractivity contribution >= 4 is 14.0 Å². The van der Waals surface area contributed by atoms with Crippen LogP contribution in [0.3, 0.4) is 0 Å². The molecule has 0 aliphatic carbocycles. The van der Waals surface area contributed by atoms with Crippen LogP contribution < -0.4 is 0 Å². The van der Waals surface area contributed by atoms with Crippen molar-refractivity contribution in [3.05, 3.63) is 11.6 Å². The molecule has 0 saturated carbocycles. The molecule has 12 heavy (non-hydrogen) atoms. The molecule has 0 spiro atoms. The summed E-state index contributed by atoms with van der Waals surface area (Å²) in [7, 11) is -1.32. The van der Waals surface area contributed by atoms with E-state index < -0.39 is 8.07 Å². The fraction of sp³-hybridized carbons (Fsp3) is 0.444. The topological polar surface area (TPSA) is 26.3 Å². The lowest BCUT2D eigenvalue weighted by molar-refractivity contribution is -0.134. The predicted octanol–water partition coefficient (Wildman–Crippen LogP) is 1.35. The summed E-state index contributed by atoms with van der Waals surface area (Å²) in [5.74, 6) is 2.71. The van der Waals surface area contributed by atoms with E-state index >= 15 is 0 Å². The molecule has 0 aromatic rings. The van der Waals surface area contributed by atoms with Crippen LogP contribution in [-0.4, -0.2) is 20.7 Å². The van der Waals surface area contributed by atoms with E-state index in [1.807, 2.05) is 0 Å². The van der Waals surface area contributed by atoms with Gasteiger partial charge in [-0.05, 0) is 0 Å². The molecule has 0 aromatic carbocycles. The van der Waals surface area contributed by atoms with Crippen molar-refractivity contribution in [3.63, 3.8) is 0 Å². The quantitative estimate of drug-likeness (QED) is 0.319. The molecule has 0 atom stereocenters. The molecule has 1 aliphatic rings. The van der Waals surface area contributed by atoms with Gasteiger partial charge in [0.1, 0.15) is 14.7 Å². The van der Waals surface area contributed by atoms with E-state index in [1.54, 1.807) is 0 Å². The number of esters is 1. The van der Waals surface area contributed by atoms with Crippen molar-refractivity contribution in [2.75, 3.05) is 6.61 Å². The van der Waals surface area contributed by atoms with Crippen LogP contribution in [0.1, 0.15) is 0 Å². The zero-order valence-electron chi connectivity index (χ0n) is 7.60. The largest absolute Gasteiger partial charge is 0.457 e. The number of rotatable bonds is 0. The van der Waals surface area contributed by atoms with Gasteiger partial charge in [-0.3, -0.25) is 0 Å². The van der Waals surface area contributed by atoms with Gasteiger partial charge in [-0.1, -0.05) is 25.6 Å². The molecule has 0 bridgehead atoms. The van der Waals surface area contributed by atoms with Gasteiger partial charge in [-0.2, -0.15) is 0 Å². The lowest BCUT2D eigenvalue weighted by atomic mass is 10.3. The van der Waals surface area contributed by atoms with Crippen LogP contribution in [0.15, 0.2) is 11.6 Å². The minimum absolute atomic E-state index is 0.269. The van der Waals surface area contributed by atoms with E-state index in [0.717, 1.165) is 5.57 Å². The number of hydrogen-bond acceptors (Lipinski definition) is 2. The number of carbonyl (C=O) groups excluding carboxylic acids is 1. The zero-order valence-corrected chi connectivity index (χ0v) is 8.60. The second-order valence-corrected chi connectivity index (χ2v) is 8.53. The first-order chi connectivity index (χ1) is 5.47. The number of ether oxygens (including phenoxy) is 1. The van der Waals surface area contributed by atoms with E-state index in [9.17, 15) is 4.79 Å². The first-order valence-corrected chi connectivity index (χ1v) is 7.38. The summed E-state index contributed by atoms with van der Waals surface area (Å²) in [6, 6.07) is 0. The van der Waals surface area contributed by atoms with Gasteiger partial charge < -0.3 is 4.74 Å². The fourth-order valence-corrected chi connectivity index (χ4v) is 1.25. The molecule has 0 radical (unpaired) electrons. The highest BCUT2D eigenvalue weighted by molar-refractivity contribution is 6.83. The molecule has 64 valence electrons. The van der Waals surface area contributed by atoms with Crippen molar-refractivity contribution < 1.29 is 9.53 Å². The maximum Gasteiger partial charge on any atom is 0.332 e. The fourth-order valence-electron chi connectivity index (χ4n) is 0.714. The third-order valence-corrected chi connectivity index (χ3v) is 2.14. The average Bonchev–Trinajstić information content (AvgIpc) is 2.30. The maximum atomic E-state index is 10.6. The molecule has 0 N–H and O–H groups in total. The Balaban J connectivity index is 2.67. The third kappa shape index (κ3) is 2.93. The van der Waals surface area contributed by atoms with Crippen molar-refractivity contribution in [2.24, 2.45) is 0 Å². The zero-order chi connectivity index (χ0) is 9.19. The van der Waals surface area contributed by atoms with Gasteiger partial charge in [0, 0.05) is 11.6 Å². The Bertz CT molecular complexity index is 286. The second kappa shape index (κ2) is 3.16. The standard InChI is InChI=1S/C9H12O2Si/c1-12(2,3)5-4-8-6-9(10)11-7-8/h6H,7H2,1-3H3. The number of hydrogen-bond donors (Lipinski definition) is 0. The number of carbonyl (C=O) groups is 1. The Morgan fingerprint density at radius 3 is 2.58 bits per heavy atom. The summed E-state index contributed by atoms with van der Waals surface area (Å²) in [6.45, 7) is 6.85. The van der Waals surface area contributed by atoms with Crippen LogP contribution in [0.2, 0.25) is 19.6 Å².